The van der Waals surface area contributed by atoms with Gasteiger partial charge in [-0.2, -0.15) is 0 Å². The zero-order chi connectivity index (χ0) is 17.8. The van der Waals surface area contributed by atoms with Crippen molar-refractivity contribution >= 4 is 17.7 Å². The van der Waals surface area contributed by atoms with Crippen LogP contribution < -0.4 is 5.32 Å². The number of hydrogen-bond donors (Lipinski definition) is 3. The van der Waals surface area contributed by atoms with E-state index in [1.807, 2.05) is 0 Å². The maximum Gasteiger partial charge on any atom is 0.408 e. The molecule has 3 N–H and O–H groups in total. The summed E-state index contributed by atoms with van der Waals surface area (Å²) in [6.07, 6.45) is -2.59. The van der Waals surface area contributed by atoms with E-state index < -0.39 is 34.7 Å². The molecule has 0 bridgehead atoms. The van der Waals surface area contributed by atoms with E-state index in [2.05, 4.69) is 5.32 Å². The smallest absolute Gasteiger partial charge is 0.408 e. The van der Waals surface area contributed by atoms with Crippen LogP contribution in [0.25, 0.3) is 0 Å². The predicted molar refractivity (Wildman–Crippen MR) is 78.8 cm³/mol. The van der Waals surface area contributed by atoms with Crippen molar-refractivity contribution in [2.24, 2.45) is 0 Å². The van der Waals surface area contributed by atoms with E-state index in [-0.39, 0.29) is 11.3 Å². The average Bonchev–Trinajstić information content (AvgIpc) is 2.42. The Labute approximate surface area is 132 Å². The zero-order valence-electron chi connectivity index (χ0n) is 12.8. The van der Waals surface area contributed by atoms with Crippen LogP contribution in [0, 0.1) is 10.1 Å². The summed E-state index contributed by atoms with van der Waals surface area (Å²) >= 11 is 0. The third kappa shape index (κ3) is 5.55. The molecule has 9 heteroatoms. The lowest BCUT2D eigenvalue weighted by Gasteiger charge is -2.24. The van der Waals surface area contributed by atoms with Gasteiger partial charge in [0.25, 0.3) is 5.69 Å². The number of hydrogen-bond acceptors (Lipinski definition) is 6. The van der Waals surface area contributed by atoms with E-state index >= 15 is 0 Å². The van der Waals surface area contributed by atoms with Gasteiger partial charge in [0.2, 0.25) is 0 Å². The van der Waals surface area contributed by atoms with E-state index in [4.69, 9.17) is 9.84 Å². The first-order chi connectivity index (χ1) is 10.5. The molecule has 2 atom stereocenters. The molecule has 0 saturated carbocycles. The first-order valence-corrected chi connectivity index (χ1v) is 6.66. The lowest BCUT2D eigenvalue weighted by Crippen LogP contribution is -2.46. The summed E-state index contributed by atoms with van der Waals surface area (Å²) in [5.74, 6) is -1.47. The fourth-order valence-corrected chi connectivity index (χ4v) is 1.70. The molecule has 1 aromatic rings. The molecule has 0 saturated heterocycles. The molecule has 0 radical (unpaired) electrons. The van der Waals surface area contributed by atoms with Gasteiger partial charge >= 0.3 is 12.1 Å². The molecule has 0 aliphatic heterocycles. The molecule has 0 aliphatic carbocycles. The molecular formula is C14H18N2O7. The maximum atomic E-state index is 11.7. The van der Waals surface area contributed by atoms with Crippen molar-refractivity contribution in [1.29, 1.82) is 0 Å². The Balaban J connectivity index is 2.90. The molecular weight excluding hydrogens is 308 g/mol. The quantitative estimate of drug-likeness (QED) is 0.551. The van der Waals surface area contributed by atoms with Crippen molar-refractivity contribution in [3.8, 4) is 0 Å². The SMILES string of the molecule is CC(C)(C)OC(=O)N[C@@H](C(=O)O)[C@H](O)c1ccc([N+](=O)[O-])cc1. The molecule has 0 unspecified atom stereocenters. The Hall–Kier alpha value is -2.68. The van der Waals surface area contributed by atoms with Gasteiger partial charge in [0.05, 0.1) is 4.92 Å². The van der Waals surface area contributed by atoms with E-state index in [0.717, 1.165) is 12.1 Å². The Morgan fingerprint density at radius 1 is 1.26 bits per heavy atom. The van der Waals surface area contributed by atoms with Crippen LogP contribution >= 0.6 is 0 Å². The van der Waals surface area contributed by atoms with Gasteiger partial charge in [-0.05, 0) is 38.5 Å². The van der Waals surface area contributed by atoms with Gasteiger partial charge in [-0.15, -0.1) is 0 Å². The number of aliphatic hydroxyl groups is 1. The third-order valence-electron chi connectivity index (χ3n) is 2.70. The number of nitro benzene ring substituents is 1. The minimum Gasteiger partial charge on any atom is -0.480 e. The van der Waals surface area contributed by atoms with Crippen LogP contribution in [0.3, 0.4) is 0 Å². The summed E-state index contributed by atoms with van der Waals surface area (Å²) in [6.45, 7) is 4.82. The van der Waals surface area contributed by atoms with Crippen molar-refractivity contribution in [2.75, 3.05) is 0 Å². The molecule has 1 rings (SSSR count). The summed E-state index contributed by atoms with van der Waals surface area (Å²) in [6, 6.07) is 3.03. The van der Waals surface area contributed by atoms with Gasteiger partial charge in [0.1, 0.15) is 11.7 Å². The monoisotopic (exact) mass is 326 g/mol. The summed E-state index contributed by atoms with van der Waals surface area (Å²) < 4.78 is 4.94. The molecule has 126 valence electrons. The van der Waals surface area contributed by atoms with E-state index in [0.29, 0.717) is 0 Å². The van der Waals surface area contributed by atoms with Gasteiger partial charge < -0.3 is 20.3 Å². The number of nitrogens with one attached hydrogen (secondary N) is 1. The molecule has 0 fully saturated rings. The number of non-ortho nitro benzene ring substituents is 1. The van der Waals surface area contributed by atoms with Crippen LogP contribution in [0.15, 0.2) is 24.3 Å². The normalized spacial score (nSPS) is 13.7. The fraction of sp³-hybridized carbons (Fsp3) is 0.429. The lowest BCUT2D eigenvalue weighted by molar-refractivity contribution is -0.384. The second kappa shape index (κ2) is 7.05. The Morgan fingerprint density at radius 2 is 1.78 bits per heavy atom. The van der Waals surface area contributed by atoms with Crippen molar-refractivity contribution in [2.45, 2.75) is 38.5 Å². The number of nitrogens with zero attached hydrogens (tertiary/aromatic N) is 1. The number of aliphatic carboxylic acids is 1. The van der Waals surface area contributed by atoms with Crippen molar-refractivity contribution in [1.82, 2.24) is 5.32 Å². The van der Waals surface area contributed by atoms with Gasteiger partial charge in [-0.1, -0.05) is 0 Å². The van der Waals surface area contributed by atoms with Crippen LogP contribution in [-0.4, -0.2) is 38.8 Å². The van der Waals surface area contributed by atoms with Crippen LogP contribution in [-0.2, 0) is 9.53 Å². The molecule has 0 aliphatic rings. The molecule has 9 nitrogen and oxygen atoms in total. The van der Waals surface area contributed by atoms with Crippen LogP contribution in [0.1, 0.15) is 32.4 Å². The highest BCUT2D eigenvalue weighted by Crippen LogP contribution is 2.21. The van der Waals surface area contributed by atoms with Crippen LogP contribution in [0.2, 0.25) is 0 Å². The second-order valence-electron chi connectivity index (χ2n) is 5.76. The number of nitro groups is 1. The number of carbonyl (C=O) groups is 2. The highest BCUT2D eigenvalue weighted by Gasteiger charge is 2.31. The number of ether oxygens (including phenoxy) is 1. The van der Waals surface area contributed by atoms with Gasteiger partial charge in [-0.3, -0.25) is 10.1 Å². The van der Waals surface area contributed by atoms with Crippen LogP contribution in [0.5, 0.6) is 0 Å². The number of aliphatic hydroxyl groups excluding tert-OH is 1. The van der Waals surface area contributed by atoms with Crippen molar-refractivity contribution in [3.05, 3.63) is 39.9 Å². The van der Waals surface area contributed by atoms with E-state index in [1.54, 1.807) is 20.8 Å². The number of benzene rings is 1. The minimum atomic E-state index is -1.66. The highest BCUT2D eigenvalue weighted by molar-refractivity contribution is 5.80. The standard InChI is InChI=1S/C14H18N2O7/c1-14(2,3)23-13(20)15-10(12(18)19)11(17)8-4-6-9(7-5-8)16(21)22/h4-7,10-11,17H,1-3H3,(H,15,20)(H,18,19)/t10-,11-/m1/s1. The van der Waals surface area contributed by atoms with Crippen molar-refractivity contribution < 1.29 is 29.5 Å². The number of rotatable bonds is 5. The summed E-state index contributed by atoms with van der Waals surface area (Å²) in [4.78, 5) is 32.9. The fourth-order valence-electron chi connectivity index (χ4n) is 1.70. The summed E-state index contributed by atoms with van der Waals surface area (Å²) in [5, 5.41) is 31.9. The Bertz CT molecular complexity index is 592. The summed E-state index contributed by atoms with van der Waals surface area (Å²) in [7, 11) is 0. The Morgan fingerprint density at radius 3 is 2.17 bits per heavy atom. The first kappa shape index (κ1) is 18.4. The van der Waals surface area contributed by atoms with Gasteiger partial charge in [-0.25, -0.2) is 9.59 Å². The Kier molecular flexibility index (Phi) is 5.63. The number of carboxylic acid groups (broad SMARTS) is 1. The molecule has 23 heavy (non-hydrogen) atoms. The highest BCUT2D eigenvalue weighted by atomic mass is 16.6. The largest absolute Gasteiger partial charge is 0.480 e. The molecule has 0 heterocycles. The number of carbonyl (C=O) groups excluding carboxylic acids is 1. The topological polar surface area (TPSA) is 139 Å². The summed E-state index contributed by atoms with van der Waals surface area (Å²) in [5.41, 5.74) is -0.919. The average molecular weight is 326 g/mol. The van der Waals surface area contributed by atoms with Gasteiger partial charge in [0.15, 0.2) is 6.04 Å². The third-order valence-corrected chi connectivity index (χ3v) is 2.70. The first-order valence-electron chi connectivity index (χ1n) is 6.66. The van der Waals surface area contributed by atoms with Gasteiger partial charge in [0, 0.05) is 12.1 Å². The van der Waals surface area contributed by atoms with Crippen LogP contribution in [0.4, 0.5) is 10.5 Å². The minimum absolute atomic E-state index is 0.110. The van der Waals surface area contributed by atoms with E-state index in [9.17, 15) is 24.8 Å². The predicted octanol–water partition coefficient (Wildman–Crippen LogP) is 1.61. The maximum absolute atomic E-state index is 11.7. The lowest BCUT2D eigenvalue weighted by atomic mass is 10.0. The zero-order valence-corrected chi connectivity index (χ0v) is 12.8. The number of alkyl carbamates (subject to hydrolysis) is 1. The number of amides is 1. The van der Waals surface area contributed by atoms with Crippen molar-refractivity contribution in [3.63, 3.8) is 0 Å². The molecule has 1 aromatic carbocycles. The molecule has 1 amide bonds. The second-order valence-corrected chi connectivity index (χ2v) is 5.76. The van der Waals surface area contributed by atoms with E-state index in [1.165, 1.54) is 12.1 Å². The molecule has 0 aromatic heterocycles. The number of carboxylic acids is 1. The molecule has 0 spiro atoms.